The lowest BCUT2D eigenvalue weighted by Crippen LogP contribution is -2.49. The monoisotopic (exact) mass is 214 g/mol. The number of hydrogen-bond acceptors (Lipinski definition) is 3. The van der Waals surface area contributed by atoms with E-state index in [9.17, 15) is 4.79 Å². The van der Waals surface area contributed by atoms with Gasteiger partial charge in [-0.2, -0.15) is 0 Å². The minimum atomic E-state index is -0.529. The summed E-state index contributed by atoms with van der Waals surface area (Å²) in [6, 6.07) is -0.529. The van der Waals surface area contributed by atoms with Crippen LogP contribution in [0.2, 0.25) is 0 Å². The summed E-state index contributed by atoms with van der Waals surface area (Å²) in [6.07, 6.45) is 4.62. The van der Waals surface area contributed by atoms with Gasteiger partial charge < -0.3 is 5.73 Å². The van der Waals surface area contributed by atoms with Crippen LogP contribution in [-0.4, -0.2) is 18.1 Å². The highest BCUT2D eigenvalue weighted by Gasteiger charge is 2.28. The van der Waals surface area contributed by atoms with Crippen molar-refractivity contribution < 1.29 is 9.63 Å². The lowest BCUT2D eigenvalue weighted by molar-refractivity contribution is -0.141. The third kappa shape index (κ3) is 3.80. The third-order valence-corrected chi connectivity index (χ3v) is 2.84. The first-order valence-electron chi connectivity index (χ1n) is 5.62. The molecular formula is C11H22N2O2. The van der Waals surface area contributed by atoms with Gasteiger partial charge in [0.1, 0.15) is 0 Å². The van der Waals surface area contributed by atoms with Gasteiger partial charge in [0.25, 0.3) is 5.91 Å². The molecule has 1 rings (SSSR count). The van der Waals surface area contributed by atoms with E-state index in [0.29, 0.717) is 0 Å². The minimum Gasteiger partial charge on any atom is -0.319 e. The molecule has 0 aromatic rings. The van der Waals surface area contributed by atoms with Crippen LogP contribution in [0.3, 0.4) is 0 Å². The maximum absolute atomic E-state index is 11.6. The molecule has 0 aromatic carbocycles. The first kappa shape index (κ1) is 12.5. The summed E-state index contributed by atoms with van der Waals surface area (Å²) in [5.41, 5.74) is 8.02. The van der Waals surface area contributed by atoms with E-state index >= 15 is 0 Å². The Hall–Kier alpha value is -0.610. The molecule has 1 amide bonds. The van der Waals surface area contributed by atoms with Crippen LogP contribution in [0.1, 0.15) is 46.5 Å². The van der Waals surface area contributed by atoms with Gasteiger partial charge in [0.05, 0.1) is 12.1 Å². The van der Waals surface area contributed by atoms with Crippen molar-refractivity contribution in [2.24, 2.45) is 11.1 Å². The van der Waals surface area contributed by atoms with E-state index in [1.54, 1.807) is 0 Å². The van der Waals surface area contributed by atoms with Crippen LogP contribution in [0, 0.1) is 5.41 Å². The van der Waals surface area contributed by atoms with Gasteiger partial charge in [-0.3, -0.25) is 9.63 Å². The van der Waals surface area contributed by atoms with Crippen molar-refractivity contribution in [1.82, 2.24) is 5.48 Å². The van der Waals surface area contributed by atoms with E-state index in [-0.39, 0.29) is 17.4 Å². The lowest BCUT2D eigenvalue weighted by atomic mass is 9.87. The quantitative estimate of drug-likeness (QED) is 0.697. The molecular weight excluding hydrogens is 192 g/mol. The second kappa shape index (κ2) is 4.94. The van der Waals surface area contributed by atoms with E-state index in [0.717, 1.165) is 12.8 Å². The Labute approximate surface area is 91.5 Å². The number of hydrogen-bond donors (Lipinski definition) is 2. The fourth-order valence-electron chi connectivity index (χ4n) is 1.60. The van der Waals surface area contributed by atoms with Crippen molar-refractivity contribution in [3.8, 4) is 0 Å². The Morgan fingerprint density at radius 3 is 2.40 bits per heavy atom. The molecule has 1 aliphatic carbocycles. The largest absolute Gasteiger partial charge is 0.319 e. The van der Waals surface area contributed by atoms with Crippen molar-refractivity contribution in [3.05, 3.63) is 0 Å². The van der Waals surface area contributed by atoms with Crippen LogP contribution in [0.4, 0.5) is 0 Å². The second-order valence-electron chi connectivity index (χ2n) is 5.33. The zero-order valence-corrected chi connectivity index (χ0v) is 9.88. The normalized spacial score (nSPS) is 20.3. The Morgan fingerprint density at radius 2 is 1.93 bits per heavy atom. The predicted octanol–water partition coefficient (Wildman–Crippen LogP) is 1.35. The summed E-state index contributed by atoms with van der Waals surface area (Å²) in [5.74, 6) is -0.227. The zero-order chi connectivity index (χ0) is 11.5. The highest BCUT2D eigenvalue weighted by atomic mass is 16.7. The Bertz CT molecular complexity index is 217. The topological polar surface area (TPSA) is 64.4 Å². The van der Waals surface area contributed by atoms with Crippen molar-refractivity contribution in [2.45, 2.75) is 58.6 Å². The van der Waals surface area contributed by atoms with E-state index < -0.39 is 6.04 Å². The SMILES string of the molecule is CC(C)(C)[C@@H](N)C(=O)NOC1CCCC1. The van der Waals surface area contributed by atoms with Gasteiger partial charge in [0, 0.05) is 0 Å². The maximum atomic E-state index is 11.6. The molecule has 0 aliphatic heterocycles. The first-order chi connectivity index (χ1) is 6.91. The van der Waals surface area contributed by atoms with Gasteiger partial charge in [0.15, 0.2) is 0 Å². The van der Waals surface area contributed by atoms with Gasteiger partial charge >= 0.3 is 0 Å². The van der Waals surface area contributed by atoms with E-state index in [1.807, 2.05) is 20.8 Å². The van der Waals surface area contributed by atoms with E-state index in [1.165, 1.54) is 12.8 Å². The summed E-state index contributed by atoms with van der Waals surface area (Å²) >= 11 is 0. The highest BCUT2D eigenvalue weighted by molar-refractivity contribution is 5.81. The van der Waals surface area contributed by atoms with Crippen LogP contribution in [0.15, 0.2) is 0 Å². The average molecular weight is 214 g/mol. The molecule has 0 unspecified atom stereocenters. The summed E-state index contributed by atoms with van der Waals surface area (Å²) in [4.78, 5) is 16.9. The Kier molecular flexibility index (Phi) is 4.11. The molecule has 1 atom stereocenters. The Morgan fingerprint density at radius 1 is 1.40 bits per heavy atom. The average Bonchev–Trinajstić information content (AvgIpc) is 2.63. The molecule has 0 saturated heterocycles. The third-order valence-electron chi connectivity index (χ3n) is 2.84. The molecule has 1 aliphatic rings. The molecule has 0 aromatic heterocycles. The minimum absolute atomic E-state index is 0.182. The number of hydroxylamine groups is 1. The summed E-state index contributed by atoms with van der Waals surface area (Å²) in [7, 11) is 0. The van der Waals surface area contributed by atoms with Crippen LogP contribution in [0.5, 0.6) is 0 Å². The molecule has 0 bridgehead atoms. The van der Waals surface area contributed by atoms with Crippen LogP contribution in [0.25, 0.3) is 0 Å². The lowest BCUT2D eigenvalue weighted by Gasteiger charge is -2.26. The molecule has 88 valence electrons. The number of nitrogens with two attached hydrogens (primary N) is 1. The number of carbonyl (C=O) groups excluding carboxylic acids is 1. The van der Waals surface area contributed by atoms with Crippen LogP contribution >= 0.6 is 0 Å². The molecule has 0 spiro atoms. The van der Waals surface area contributed by atoms with Gasteiger partial charge in [-0.05, 0) is 18.3 Å². The highest BCUT2D eigenvalue weighted by Crippen LogP contribution is 2.21. The molecule has 4 heteroatoms. The number of amides is 1. The second-order valence-corrected chi connectivity index (χ2v) is 5.33. The van der Waals surface area contributed by atoms with Crippen molar-refractivity contribution >= 4 is 5.91 Å². The summed E-state index contributed by atoms with van der Waals surface area (Å²) < 4.78 is 0. The van der Waals surface area contributed by atoms with Gasteiger partial charge in [-0.25, -0.2) is 5.48 Å². The molecule has 1 fully saturated rings. The number of rotatable bonds is 3. The standard InChI is InChI=1S/C11H22N2O2/c1-11(2,3)9(12)10(14)13-15-8-6-4-5-7-8/h8-9H,4-7,12H2,1-3H3,(H,13,14)/t9-/m0/s1. The van der Waals surface area contributed by atoms with Gasteiger partial charge in [-0.1, -0.05) is 33.6 Å². The predicted molar refractivity (Wildman–Crippen MR) is 58.9 cm³/mol. The van der Waals surface area contributed by atoms with Gasteiger partial charge in [-0.15, -0.1) is 0 Å². The first-order valence-corrected chi connectivity index (χ1v) is 5.62. The van der Waals surface area contributed by atoms with Crippen molar-refractivity contribution in [1.29, 1.82) is 0 Å². The van der Waals surface area contributed by atoms with Gasteiger partial charge in [0.2, 0.25) is 0 Å². The molecule has 15 heavy (non-hydrogen) atoms. The summed E-state index contributed by atoms with van der Waals surface area (Å²) in [5, 5.41) is 0. The smallest absolute Gasteiger partial charge is 0.260 e. The molecule has 0 radical (unpaired) electrons. The van der Waals surface area contributed by atoms with E-state index in [4.69, 9.17) is 10.6 Å². The number of nitrogens with one attached hydrogen (secondary N) is 1. The summed E-state index contributed by atoms with van der Waals surface area (Å²) in [6.45, 7) is 5.81. The molecule has 3 N–H and O–H groups in total. The van der Waals surface area contributed by atoms with Crippen LogP contribution < -0.4 is 11.2 Å². The molecule has 0 heterocycles. The molecule has 4 nitrogen and oxygen atoms in total. The fraction of sp³-hybridized carbons (Fsp3) is 0.909. The van der Waals surface area contributed by atoms with Crippen molar-refractivity contribution in [2.75, 3.05) is 0 Å². The zero-order valence-electron chi connectivity index (χ0n) is 9.88. The van der Waals surface area contributed by atoms with E-state index in [2.05, 4.69) is 5.48 Å². The molecule has 1 saturated carbocycles. The van der Waals surface area contributed by atoms with Crippen LogP contribution in [-0.2, 0) is 9.63 Å². The number of carbonyl (C=O) groups is 1. The maximum Gasteiger partial charge on any atom is 0.260 e. The fourth-order valence-corrected chi connectivity index (χ4v) is 1.60. The Balaban J connectivity index is 2.29. The van der Waals surface area contributed by atoms with Crippen molar-refractivity contribution in [3.63, 3.8) is 0 Å².